The van der Waals surface area contributed by atoms with Crippen LogP contribution in [0.2, 0.25) is 0 Å². The Kier molecular flexibility index (Phi) is 2.60. The summed E-state index contributed by atoms with van der Waals surface area (Å²) in [4.78, 5) is 4.26. The molecule has 0 radical (unpaired) electrons. The first kappa shape index (κ1) is 8.21. The first-order valence-corrected chi connectivity index (χ1v) is 3.80. The summed E-state index contributed by atoms with van der Waals surface area (Å²) in [6.45, 7) is 5.00. The van der Waals surface area contributed by atoms with Crippen molar-refractivity contribution in [1.82, 2.24) is 10.3 Å². The molecule has 0 saturated carbocycles. The average molecular weight is 150 g/mol. The van der Waals surface area contributed by atoms with E-state index in [9.17, 15) is 0 Å². The van der Waals surface area contributed by atoms with Crippen molar-refractivity contribution in [1.29, 1.82) is 0 Å². The van der Waals surface area contributed by atoms with Crippen LogP contribution in [0.3, 0.4) is 0 Å². The van der Waals surface area contributed by atoms with Crippen LogP contribution in [0.4, 0.5) is 0 Å². The predicted octanol–water partition coefficient (Wildman–Crippen LogP) is 1.42. The van der Waals surface area contributed by atoms with Crippen LogP contribution in [-0.2, 0) is 6.54 Å². The van der Waals surface area contributed by atoms with Crippen LogP contribution in [0.5, 0.6) is 0 Å². The molecule has 0 aromatic carbocycles. The summed E-state index contributed by atoms with van der Waals surface area (Å²) in [5.41, 5.74) is 3.62. The normalized spacial score (nSPS) is 10.1. The zero-order valence-corrected chi connectivity index (χ0v) is 7.31. The highest BCUT2D eigenvalue weighted by molar-refractivity contribution is 5.23. The number of hydrogen-bond acceptors (Lipinski definition) is 2. The van der Waals surface area contributed by atoms with Crippen molar-refractivity contribution < 1.29 is 0 Å². The van der Waals surface area contributed by atoms with Gasteiger partial charge in [-0.2, -0.15) is 0 Å². The quantitative estimate of drug-likeness (QED) is 0.689. The van der Waals surface area contributed by atoms with E-state index in [1.807, 2.05) is 20.2 Å². The standard InChI is InChI=1S/C9H14N2/c1-7-4-9(6-10-3)8(2)11-5-7/h4-5,10H,6H2,1-3H3. The van der Waals surface area contributed by atoms with Crippen LogP contribution in [0.15, 0.2) is 12.3 Å². The van der Waals surface area contributed by atoms with E-state index in [1.54, 1.807) is 0 Å². The number of pyridine rings is 1. The van der Waals surface area contributed by atoms with Gasteiger partial charge in [0.1, 0.15) is 0 Å². The summed E-state index contributed by atoms with van der Waals surface area (Å²) in [6, 6.07) is 2.17. The number of hydrogen-bond donors (Lipinski definition) is 1. The third kappa shape index (κ3) is 2.02. The van der Waals surface area contributed by atoms with Crippen molar-refractivity contribution in [3.63, 3.8) is 0 Å². The van der Waals surface area contributed by atoms with E-state index in [2.05, 4.69) is 23.3 Å². The first-order chi connectivity index (χ1) is 5.24. The van der Waals surface area contributed by atoms with Crippen molar-refractivity contribution in [3.05, 3.63) is 29.1 Å². The lowest BCUT2D eigenvalue weighted by Gasteiger charge is -2.04. The van der Waals surface area contributed by atoms with Crippen LogP contribution < -0.4 is 5.32 Å². The van der Waals surface area contributed by atoms with E-state index >= 15 is 0 Å². The monoisotopic (exact) mass is 150 g/mol. The van der Waals surface area contributed by atoms with Gasteiger partial charge in [-0.05, 0) is 32.0 Å². The Hall–Kier alpha value is -0.890. The Labute approximate surface area is 67.7 Å². The first-order valence-electron chi connectivity index (χ1n) is 3.80. The Morgan fingerprint density at radius 2 is 2.18 bits per heavy atom. The van der Waals surface area contributed by atoms with Crippen LogP contribution >= 0.6 is 0 Å². The summed E-state index contributed by atoms with van der Waals surface area (Å²) < 4.78 is 0. The van der Waals surface area contributed by atoms with Gasteiger partial charge in [0.05, 0.1) is 0 Å². The van der Waals surface area contributed by atoms with Gasteiger partial charge in [-0.1, -0.05) is 6.07 Å². The Morgan fingerprint density at radius 1 is 1.45 bits per heavy atom. The van der Waals surface area contributed by atoms with Gasteiger partial charge in [-0.25, -0.2) is 0 Å². The molecule has 0 spiro atoms. The van der Waals surface area contributed by atoms with Crippen molar-refractivity contribution in [2.45, 2.75) is 20.4 Å². The molecule has 0 bridgehead atoms. The van der Waals surface area contributed by atoms with Gasteiger partial charge in [0.15, 0.2) is 0 Å². The molecule has 0 unspecified atom stereocenters. The highest BCUT2D eigenvalue weighted by Crippen LogP contribution is 2.06. The second-order valence-corrected chi connectivity index (χ2v) is 2.79. The van der Waals surface area contributed by atoms with E-state index in [1.165, 1.54) is 11.1 Å². The predicted molar refractivity (Wildman–Crippen MR) is 46.5 cm³/mol. The summed E-state index contributed by atoms with van der Waals surface area (Å²) in [5, 5.41) is 3.11. The fraction of sp³-hybridized carbons (Fsp3) is 0.444. The van der Waals surface area contributed by atoms with Crippen molar-refractivity contribution in [2.75, 3.05) is 7.05 Å². The van der Waals surface area contributed by atoms with E-state index < -0.39 is 0 Å². The molecule has 11 heavy (non-hydrogen) atoms. The Balaban J connectivity index is 2.93. The SMILES string of the molecule is CNCc1cc(C)cnc1C. The lowest BCUT2D eigenvalue weighted by Crippen LogP contribution is -2.07. The molecule has 0 saturated heterocycles. The Morgan fingerprint density at radius 3 is 2.82 bits per heavy atom. The smallest absolute Gasteiger partial charge is 0.0417 e. The molecule has 0 aliphatic heterocycles. The highest BCUT2D eigenvalue weighted by Gasteiger charge is 1.96. The van der Waals surface area contributed by atoms with E-state index in [0.29, 0.717) is 0 Å². The lowest BCUT2D eigenvalue weighted by atomic mass is 10.1. The maximum atomic E-state index is 4.26. The largest absolute Gasteiger partial charge is 0.316 e. The van der Waals surface area contributed by atoms with Gasteiger partial charge in [0.2, 0.25) is 0 Å². The molecular weight excluding hydrogens is 136 g/mol. The minimum Gasteiger partial charge on any atom is -0.316 e. The second-order valence-electron chi connectivity index (χ2n) is 2.79. The molecule has 0 fully saturated rings. The van der Waals surface area contributed by atoms with E-state index in [0.717, 1.165) is 12.2 Å². The summed E-state index contributed by atoms with van der Waals surface area (Å²) >= 11 is 0. The average Bonchev–Trinajstić information content (AvgIpc) is 1.98. The molecule has 1 rings (SSSR count). The van der Waals surface area contributed by atoms with Crippen molar-refractivity contribution in [2.24, 2.45) is 0 Å². The van der Waals surface area contributed by atoms with Gasteiger partial charge >= 0.3 is 0 Å². The molecular formula is C9H14N2. The van der Waals surface area contributed by atoms with Crippen LogP contribution in [-0.4, -0.2) is 12.0 Å². The molecule has 1 aromatic heterocycles. The van der Waals surface area contributed by atoms with Crippen LogP contribution in [0.25, 0.3) is 0 Å². The van der Waals surface area contributed by atoms with Gasteiger partial charge in [0.25, 0.3) is 0 Å². The number of aryl methyl sites for hydroxylation is 2. The highest BCUT2D eigenvalue weighted by atomic mass is 14.8. The molecule has 1 heterocycles. The van der Waals surface area contributed by atoms with Gasteiger partial charge < -0.3 is 5.32 Å². The molecule has 0 aliphatic carbocycles. The minimum atomic E-state index is 0.903. The summed E-state index contributed by atoms with van der Waals surface area (Å²) in [6.07, 6.45) is 1.90. The molecule has 60 valence electrons. The van der Waals surface area contributed by atoms with Crippen molar-refractivity contribution in [3.8, 4) is 0 Å². The van der Waals surface area contributed by atoms with Gasteiger partial charge in [0, 0.05) is 18.4 Å². The number of nitrogens with one attached hydrogen (secondary N) is 1. The summed E-state index contributed by atoms with van der Waals surface area (Å²) in [5.74, 6) is 0. The maximum absolute atomic E-state index is 4.26. The fourth-order valence-electron chi connectivity index (χ4n) is 1.07. The topological polar surface area (TPSA) is 24.9 Å². The molecule has 1 aromatic rings. The molecule has 0 atom stereocenters. The van der Waals surface area contributed by atoms with Gasteiger partial charge in [-0.15, -0.1) is 0 Å². The van der Waals surface area contributed by atoms with Gasteiger partial charge in [-0.3, -0.25) is 4.98 Å². The molecule has 2 nitrogen and oxygen atoms in total. The van der Waals surface area contributed by atoms with E-state index in [4.69, 9.17) is 0 Å². The third-order valence-electron chi connectivity index (χ3n) is 1.70. The third-order valence-corrected chi connectivity index (χ3v) is 1.70. The van der Waals surface area contributed by atoms with E-state index in [-0.39, 0.29) is 0 Å². The van der Waals surface area contributed by atoms with Crippen LogP contribution in [0, 0.1) is 13.8 Å². The summed E-state index contributed by atoms with van der Waals surface area (Å²) in [7, 11) is 1.95. The molecule has 2 heteroatoms. The second kappa shape index (κ2) is 3.49. The zero-order chi connectivity index (χ0) is 8.27. The maximum Gasteiger partial charge on any atom is 0.0417 e. The van der Waals surface area contributed by atoms with Crippen LogP contribution in [0.1, 0.15) is 16.8 Å². The number of aromatic nitrogens is 1. The Bertz CT molecular complexity index is 243. The molecule has 1 N–H and O–H groups in total. The minimum absolute atomic E-state index is 0.903. The zero-order valence-electron chi connectivity index (χ0n) is 7.31. The van der Waals surface area contributed by atoms with Crippen molar-refractivity contribution >= 4 is 0 Å². The number of nitrogens with zero attached hydrogens (tertiary/aromatic N) is 1. The lowest BCUT2D eigenvalue weighted by molar-refractivity contribution is 0.803. The molecule has 0 amide bonds. The number of rotatable bonds is 2. The fourth-order valence-corrected chi connectivity index (χ4v) is 1.07. The molecule has 0 aliphatic rings.